The van der Waals surface area contributed by atoms with E-state index in [1.165, 1.54) is 24.5 Å². The van der Waals surface area contributed by atoms with Gasteiger partial charge in [0.25, 0.3) is 0 Å². The Bertz CT molecular complexity index is 2300. The minimum absolute atomic E-state index is 0.0969. The van der Waals surface area contributed by atoms with Crippen molar-refractivity contribution in [2.45, 2.75) is 35.0 Å². The Balaban J connectivity index is 1.43. The Hall–Kier alpha value is -4.53. The second-order valence-corrected chi connectivity index (χ2v) is 17.8. The molecule has 1 fully saturated rings. The molecule has 0 radical (unpaired) electrons. The van der Waals surface area contributed by atoms with Gasteiger partial charge in [-0.25, -0.2) is 25.3 Å². The lowest BCUT2D eigenvalue weighted by Gasteiger charge is -2.37. The largest absolute Gasteiger partial charge is 0.255 e. The quantitative estimate of drug-likeness (QED) is 0.193. The molecule has 0 saturated carbocycles. The van der Waals surface area contributed by atoms with Gasteiger partial charge in [0.2, 0.25) is 20.0 Å². The number of pyridine rings is 2. The summed E-state index contributed by atoms with van der Waals surface area (Å²) in [5.41, 5.74) is 1.68. The third kappa shape index (κ3) is 6.47. The summed E-state index contributed by atoms with van der Waals surface area (Å²) in [4.78, 5) is 8.55. The molecular weight excluding hydrogens is 681 g/mol. The lowest BCUT2D eigenvalue weighted by molar-refractivity contribution is 0.219. The number of aromatic nitrogens is 2. The van der Waals surface area contributed by atoms with Crippen LogP contribution in [0.5, 0.6) is 0 Å². The highest BCUT2D eigenvalue weighted by molar-refractivity contribution is 7.92. The van der Waals surface area contributed by atoms with Crippen molar-refractivity contribution in [2.75, 3.05) is 11.5 Å². The van der Waals surface area contributed by atoms with Gasteiger partial charge in [-0.2, -0.15) is 8.61 Å². The van der Waals surface area contributed by atoms with E-state index in [0.717, 1.165) is 8.61 Å². The van der Waals surface area contributed by atoms with E-state index in [0.29, 0.717) is 21.9 Å². The van der Waals surface area contributed by atoms with E-state index in [9.17, 15) is 25.3 Å². The third-order valence-electron chi connectivity index (χ3n) is 8.76. The predicted molar refractivity (Wildman–Crippen MR) is 188 cm³/mol. The van der Waals surface area contributed by atoms with Crippen LogP contribution in [0.3, 0.4) is 0 Å². The zero-order valence-electron chi connectivity index (χ0n) is 26.1. The maximum Gasteiger partial charge on any atom is 0.245 e. The number of hydrogen-bond acceptors (Lipinski definition) is 8. The lowest BCUT2D eigenvalue weighted by Crippen LogP contribution is -2.54. The van der Waals surface area contributed by atoms with E-state index < -0.39 is 53.5 Å². The predicted octanol–water partition coefficient (Wildman–Crippen LogP) is 5.03. The molecule has 10 nitrogen and oxygen atoms in total. The molecule has 6 aromatic rings. The van der Waals surface area contributed by atoms with Gasteiger partial charge in [-0.1, -0.05) is 97.1 Å². The maximum atomic E-state index is 14.9. The molecule has 250 valence electrons. The van der Waals surface area contributed by atoms with Crippen LogP contribution >= 0.6 is 0 Å². The smallest absolute Gasteiger partial charge is 0.245 e. The molecule has 1 aliphatic heterocycles. The Morgan fingerprint density at radius 1 is 0.531 bits per heavy atom. The molecule has 7 rings (SSSR count). The summed E-state index contributed by atoms with van der Waals surface area (Å²) in [7, 11) is -12.9. The van der Waals surface area contributed by atoms with Gasteiger partial charge < -0.3 is 0 Å². The van der Waals surface area contributed by atoms with Crippen molar-refractivity contribution >= 4 is 51.7 Å². The van der Waals surface area contributed by atoms with Crippen LogP contribution in [0.25, 0.3) is 21.8 Å². The van der Waals surface area contributed by atoms with Crippen LogP contribution in [-0.2, 0) is 43.0 Å². The summed E-state index contributed by atoms with van der Waals surface area (Å²) in [5.74, 6) is -1.15. The summed E-state index contributed by atoms with van der Waals surface area (Å²) < 4.78 is 89.1. The average molecular weight is 713 g/mol. The highest BCUT2D eigenvalue weighted by Gasteiger charge is 2.51. The van der Waals surface area contributed by atoms with Crippen LogP contribution in [0.4, 0.5) is 0 Å². The maximum absolute atomic E-state index is 14.9. The van der Waals surface area contributed by atoms with E-state index in [1.54, 1.807) is 109 Å². The molecule has 2 aromatic heterocycles. The molecule has 0 spiro atoms. The molecule has 0 amide bonds. The first-order chi connectivity index (χ1) is 23.5. The van der Waals surface area contributed by atoms with Crippen molar-refractivity contribution in [1.29, 1.82) is 0 Å². The van der Waals surface area contributed by atoms with E-state index in [4.69, 9.17) is 0 Å². The fourth-order valence-electron chi connectivity index (χ4n) is 6.47. The second kappa shape index (κ2) is 13.1. The highest BCUT2D eigenvalue weighted by atomic mass is 32.2. The molecule has 4 aromatic carbocycles. The third-order valence-corrected chi connectivity index (χ3v) is 14.3. The molecule has 3 heterocycles. The zero-order chi connectivity index (χ0) is 34.2. The van der Waals surface area contributed by atoms with Gasteiger partial charge in [-0.3, -0.25) is 9.97 Å². The number of sulfonamides is 2. The van der Waals surface area contributed by atoms with Gasteiger partial charge in [0.15, 0.2) is 9.84 Å². The van der Waals surface area contributed by atoms with Crippen LogP contribution < -0.4 is 0 Å². The minimum atomic E-state index is -4.47. The molecule has 13 heteroatoms. The SMILES string of the molecule is O=S1(=O)C[C@H](N(Cc2ccccc2)S(=O)(=O)c2cccc3cccnc23)[C@@H](N(Cc2ccccc2)S(=O)(=O)c2cccc3cccnc23)C1. The second-order valence-electron chi connectivity index (χ2n) is 11.9. The topological polar surface area (TPSA) is 135 Å². The van der Waals surface area contributed by atoms with Crippen LogP contribution in [0, 0.1) is 0 Å². The Labute approximate surface area is 285 Å². The fourth-order valence-corrected chi connectivity index (χ4v) is 12.3. The summed E-state index contributed by atoms with van der Waals surface area (Å²) in [6, 6.07) is 31.6. The molecular formula is C36H32N4O6S3. The van der Waals surface area contributed by atoms with Crippen molar-refractivity contribution in [3.05, 3.63) is 145 Å². The van der Waals surface area contributed by atoms with E-state index >= 15 is 0 Å². The van der Waals surface area contributed by atoms with Gasteiger partial charge in [-0.05, 0) is 35.4 Å². The molecule has 0 aliphatic carbocycles. The van der Waals surface area contributed by atoms with Gasteiger partial charge >= 0.3 is 0 Å². The Morgan fingerprint density at radius 2 is 0.918 bits per heavy atom. The summed E-state index contributed by atoms with van der Waals surface area (Å²) in [6.45, 7) is -0.393. The van der Waals surface area contributed by atoms with Crippen LogP contribution in [0.15, 0.2) is 144 Å². The summed E-state index contributed by atoms with van der Waals surface area (Å²) in [5, 5.41) is 1.19. The molecule has 1 saturated heterocycles. The first-order valence-corrected chi connectivity index (χ1v) is 20.2. The average Bonchev–Trinajstić information content (AvgIpc) is 3.43. The molecule has 49 heavy (non-hydrogen) atoms. The van der Waals surface area contributed by atoms with Crippen molar-refractivity contribution in [3.8, 4) is 0 Å². The van der Waals surface area contributed by atoms with Crippen molar-refractivity contribution in [3.63, 3.8) is 0 Å². The molecule has 0 bridgehead atoms. The highest BCUT2D eigenvalue weighted by Crippen LogP contribution is 2.36. The number of para-hydroxylation sites is 2. The normalized spacial score (nSPS) is 18.0. The van der Waals surface area contributed by atoms with E-state index in [2.05, 4.69) is 9.97 Å². The number of fused-ring (bicyclic) bond motifs is 2. The van der Waals surface area contributed by atoms with E-state index in [-0.39, 0.29) is 33.9 Å². The van der Waals surface area contributed by atoms with E-state index in [1.807, 2.05) is 0 Å². The first kappa shape index (κ1) is 33.0. The van der Waals surface area contributed by atoms with Gasteiger partial charge in [0.1, 0.15) is 9.79 Å². The molecule has 0 unspecified atom stereocenters. The van der Waals surface area contributed by atoms with Crippen LogP contribution in [-0.4, -0.2) is 67.4 Å². The first-order valence-electron chi connectivity index (χ1n) is 15.5. The standard InChI is InChI=1S/C36H32N4O6S3/c41-47(42)25-31(39(23-27-11-3-1-4-12-27)48(43,44)33-19-7-15-29-17-9-21-37-35(29)33)32(26-47)40(24-28-13-5-2-6-14-28)49(45,46)34-20-8-16-30-18-10-22-38-36(30)34/h1-22,31-32H,23-26H2/t31-,32-/m0/s1. The Morgan fingerprint density at radius 3 is 1.33 bits per heavy atom. The van der Waals surface area contributed by atoms with Crippen LogP contribution in [0.2, 0.25) is 0 Å². The minimum Gasteiger partial charge on any atom is -0.255 e. The number of benzene rings is 4. The monoisotopic (exact) mass is 712 g/mol. The lowest BCUT2D eigenvalue weighted by atomic mass is 10.1. The molecule has 2 atom stereocenters. The van der Waals surface area contributed by atoms with Crippen molar-refractivity contribution in [2.24, 2.45) is 0 Å². The Kier molecular flexibility index (Phi) is 8.80. The summed E-state index contributed by atoms with van der Waals surface area (Å²) >= 11 is 0. The van der Waals surface area contributed by atoms with Gasteiger partial charge in [0.05, 0.1) is 34.6 Å². The number of hydrogen-bond donors (Lipinski definition) is 0. The van der Waals surface area contributed by atoms with Crippen molar-refractivity contribution < 1.29 is 25.3 Å². The number of nitrogens with zero attached hydrogens (tertiary/aromatic N) is 4. The van der Waals surface area contributed by atoms with Crippen LogP contribution in [0.1, 0.15) is 11.1 Å². The van der Waals surface area contributed by atoms with Gasteiger partial charge in [-0.15, -0.1) is 0 Å². The summed E-state index contributed by atoms with van der Waals surface area (Å²) in [6.07, 6.45) is 3.00. The zero-order valence-corrected chi connectivity index (χ0v) is 28.6. The van der Waals surface area contributed by atoms with Gasteiger partial charge in [0, 0.05) is 36.3 Å². The van der Waals surface area contributed by atoms with Crippen molar-refractivity contribution in [1.82, 2.24) is 18.6 Å². The molecule has 1 aliphatic rings. The number of sulfone groups is 1. The fraction of sp³-hybridized carbons (Fsp3) is 0.167. The number of rotatable bonds is 10. The molecule has 0 N–H and O–H groups in total.